The second-order valence-corrected chi connectivity index (χ2v) is 13.2. The lowest BCUT2D eigenvalue weighted by atomic mass is 9.40. The normalized spacial score (nSPS) is 55.0. The average Bonchev–Trinajstić information content (AvgIpc) is 3.40. The Hall–Kier alpha value is -0.750. The summed E-state index contributed by atoms with van der Waals surface area (Å²) < 4.78 is 6.32. The molecular weight excluding hydrogens is 416 g/mol. The van der Waals surface area contributed by atoms with Crippen molar-refractivity contribution >= 4 is 5.78 Å². The highest BCUT2D eigenvalue weighted by Gasteiger charge is 2.90. The molecule has 0 bridgehead atoms. The number of hydrogen-bond donors (Lipinski definition) is 3. The molecule has 3 N–H and O–H groups in total. The number of hydrogen-bond acceptors (Lipinski definition) is 5. The van der Waals surface area contributed by atoms with Crippen LogP contribution >= 0.6 is 0 Å². The Labute approximate surface area is 199 Å². The highest BCUT2D eigenvalue weighted by Crippen LogP contribution is 2.77. The number of carbonyl (C=O) groups is 1. The largest absolute Gasteiger partial charge is 0.393 e. The van der Waals surface area contributed by atoms with Gasteiger partial charge in [-0.15, -0.1) is 0 Å². The zero-order valence-electron chi connectivity index (χ0n) is 21.3. The first kappa shape index (κ1) is 24.0. The van der Waals surface area contributed by atoms with Gasteiger partial charge in [-0.05, 0) is 73.5 Å². The maximum absolute atomic E-state index is 13.6. The molecule has 0 aromatic heterocycles. The minimum atomic E-state index is -1.72. The van der Waals surface area contributed by atoms with Crippen molar-refractivity contribution in [2.45, 2.75) is 115 Å². The molecule has 4 aliphatic carbocycles. The Morgan fingerprint density at radius 3 is 2.36 bits per heavy atom. The van der Waals surface area contributed by atoms with E-state index in [-0.39, 0.29) is 23.5 Å². The summed E-state index contributed by atoms with van der Waals surface area (Å²) in [5, 5.41) is 34.3. The molecule has 5 nitrogen and oxygen atoms in total. The summed E-state index contributed by atoms with van der Waals surface area (Å²) >= 11 is 0. The summed E-state index contributed by atoms with van der Waals surface area (Å²) in [7, 11) is 0. The van der Waals surface area contributed by atoms with Gasteiger partial charge in [0.05, 0.1) is 6.10 Å². The Balaban J connectivity index is 1.49. The van der Waals surface area contributed by atoms with Crippen LogP contribution in [0.3, 0.4) is 0 Å². The van der Waals surface area contributed by atoms with Crippen molar-refractivity contribution in [3.05, 3.63) is 12.2 Å². The molecule has 0 amide bonds. The number of rotatable bonds is 4. The van der Waals surface area contributed by atoms with E-state index in [1.54, 1.807) is 0 Å². The molecule has 5 fully saturated rings. The van der Waals surface area contributed by atoms with Crippen molar-refractivity contribution < 1.29 is 24.9 Å². The summed E-state index contributed by atoms with van der Waals surface area (Å²) in [5.74, 6) is 1.87. The first-order valence-corrected chi connectivity index (χ1v) is 13.3. The number of Topliss-reactive ketones (excluding diaryl/α,β-unsaturated/α-hetero) is 1. The van der Waals surface area contributed by atoms with Crippen LogP contribution in [0.2, 0.25) is 0 Å². The number of allylic oxidation sites excluding steroid dienone is 2. The third kappa shape index (κ3) is 2.71. The molecule has 4 saturated carbocycles. The molecule has 1 saturated heterocycles. The lowest BCUT2D eigenvalue weighted by Gasteiger charge is -2.65. The monoisotopic (exact) mass is 460 g/mol. The van der Waals surface area contributed by atoms with Gasteiger partial charge in [-0.25, -0.2) is 0 Å². The Morgan fingerprint density at radius 2 is 1.70 bits per heavy atom. The SMILES string of the molecule is CC(C)[C@@H](C)C=C[C@@H](C)[C@H]1CC[C@@H]2[C@]1(C)CC[C@@]1(O)[C@]23O[C@H]3C(=O)[C@@]2(O)C[C@@H](O)CC[C@]12C. The fraction of sp³-hybridized carbons (Fsp3) is 0.893. The third-order valence-electron chi connectivity index (χ3n) is 11.6. The molecular formula is C28H44O5. The summed E-state index contributed by atoms with van der Waals surface area (Å²) in [6.45, 7) is 13.3. The van der Waals surface area contributed by atoms with Crippen molar-refractivity contribution in [1.29, 1.82) is 0 Å². The summed E-state index contributed by atoms with van der Waals surface area (Å²) in [6, 6.07) is 0. The van der Waals surface area contributed by atoms with Crippen LogP contribution in [0.5, 0.6) is 0 Å². The number of epoxide rings is 1. The number of ether oxygens (including phenoxy) is 1. The predicted molar refractivity (Wildman–Crippen MR) is 126 cm³/mol. The van der Waals surface area contributed by atoms with Gasteiger partial charge in [0.25, 0.3) is 0 Å². The van der Waals surface area contributed by atoms with E-state index in [2.05, 4.69) is 46.8 Å². The van der Waals surface area contributed by atoms with Crippen molar-refractivity contribution in [2.75, 3.05) is 0 Å². The number of carbonyl (C=O) groups excluding carboxylic acids is 1. The van der Waals surface area contributed by atoms with Crippen LogP contribution in [0.4, 0.5) is 0 Å². The molecule has 0 aromatic rings. The van der Waals surface area contributed by atoms with Gasteiger partial charge in [-0.3, -0.25) is 4.79 Å². The van der Waals surface area contributed by atoms with Crippen LogP contribution < -0.4 is 0 Å². The van der Waals surface area contributed by atoms with Gasteiger partial charge in [0.2, 0.25) is 0 Å². The molecule has 5 heteroatoms. The highest BCUT2D eigenvalue weighted by molar-refractivity contribution is 5.98. The second kappa shape index (κ2) is 7.15. The van der Waals surface area contributed by atoms with Gasteiger partial charge in [0, 0.05) is 11.8 Å². The maximum Gasteiger partial charge on any atom is 0.196 e. The molecule has 5 aliphatic rings. The van der Waals surface area contributed by atoms with E-state index in [1.165, 1.54) is 0 Å². The smallest absolute Gasteiger partial charge is 0.196 e. The second-order valence-electron chi connectivity index (χ2n) is 13.2. The number of aliphatic hydroxyl groups excluding tert-OH is 1. The average molecular weight is 461 g/mol. The minimum absolute atomic E-state index is 0.000999. The number of fused-ring (bicyclic) bond motifs is 3. The van der Waals surface area contributed by atoms with Crippen molar-refractivity contribution in [2.24, 2.45) is 40.4 Å². The van der Waals surface area contributed by atoms with E-state index < -0.39 is 34.4 Å². The van der Waals surface area contributed by atoms with E-state index >= 15 is 0 Å². The van der Waals surface area contributed by atoms with Crippen LogP contribution in [0.15, 0.2) is 12.2 Å². The van der Waals surface area contributed by atoms with Gasteiger partial charge < -0.3 is 20.1 Å². The number of aliphatic hydroxyl groups is 3. The zero-order chi connectivity index (χ0) is 24.2. The highest BCUT2D eigenvalue weighted by atomic mass is 16.6. The minimum Gasteiger partial charge on any atom is -0.393 e. The van der Waals surface area contributed by atoms with Gasteiger partial charge in [0.15, 0.2) is 11.9 Å². The molecule has 186 valence electrons. The molecule has 0 aromatic carbocycles. The van der Waals surface area contributed by atoms with Crippen molar-refractivity contribution in [3.63, 3.8) is 0 Å². The van der Waals surface area contributed by atoms with Gasteiger partial charge >= 0.3 is 0 Å². The van der Waals surface area contributed by atoms with E-state index in [9.17, 15) is 20.1 Å². The zero-order valence-corrected chi connectivity index (χ0v) is 21.3. The lowest BCUT2D eigenvalue weighted by molar-refractivity contribution is -0.271. The van der Waals surface area contributed by atoms with Crippen LogP contribution in [0.1, 0.15) is 86.5 Å². The topological polar surface area (TPSA) is 90.3 Å². The van der Waals surface area contributed by atoms with Crippen molar-refractivity contribution in [3.8, 4) is 0 Å². The van der Waals surface area contributed by atoms with E-state index in [4.69, 9.17) is 4.74 Å². The van der Waals surface area contributed by atoms with Crippen LogP contribution in [0.25, 0.3) is 0 Å². The van der Waals surface area contributed by atoms with Crippen molar-refractivity contribution in [1.82, 2.24) is 0 Å². The molecule has 0 unspecified atom stereocenters. The summed E-state index contributed by atoms with van der Waals surface area (Å²) in [4.78, 5) is 13.6. The quantitative estimate of drug-likeness (QED) is 0.435. The molecule has 33 heavy (non-hydrogen) atoms. The van der Waals surface area contributed by atoms with E-state index in [0.717, 1.165) is 19.3 Å². The van der Waals surface area contributed by atoms with Crippen LogP contribution in [-0.2, 0) is 9.53 Å². The summed E-state index contributed by atoms with van der Waals surface area (Å²) in [5.41, 5.74) is -4.87. The van der Waals surface area contributed by atoms with Gasteiger partial charge in [0.1, 0.15) is 16.8 Å². The molecule has 0 radical (unpaired) electrons. The van der Waals surface area contributed by atoms with E-state index in [0.29, 0.717) is 42.9 Å². The standard InChI is InChI=1S/C28H44O5/c1-16(2)17(3)7-8-18(4)20-9-10-21-24(20,5)13-14-27(32)25(6)12-11-19(29)15-26(25,31)22(30)23-28(21,27)33-23/h7-8,16-21,23,29,31-32H,9-15H2,1-6H3/t17-,18+,19-,20+,21+,23-,24+,25-,26-,27-,28-/m0/s1. The molecule has 1 spiro atoms. The van der Waals surface area contributed by atoms with Gasteiger partial charge in [-0.1, -0.05) is 53.7 Å². The van der Waals surface area contributed by atoms with Crippen LogP contribution in [-0.4, -0.2) is 50.1 Å². The maximum atomic E-state index is 13.6. The molecule has 11 atom stereocenters. The lowest BCUT2D eigenvalue weighted by Crippen LogP contribution is -2.79. The fourth-order valence-corrected chi connectivity index (χ4v) is 9.00. The number of ketones is 1. The predicted octanol–water partition coefficient (Wildman–Crippen LogP) is 4.03. The van der Waals surface area contributed by atoms with Crippen LogP contribution in [0, 0.1) is 40.4 Å². The Morgan fingerprint density at radius 1 is 1.00 bits per heavy atom. The Kier molecular flexibility index (Phi) is 5.19. The van der Waals surface area contributed by atoms with E-state index in [1.807, 2.05) is 6.92 Å². The fourth-order valence-electron chi connectivity index (χ4n) is 9.00. The molecule has 1 heterocycles. The molecule has 5 rings (SSSR count). The van der Waals surface area contributed by atoms with Gasteiger partial charge in [-0.2, -0.15) is 0 Å². The first-order valence-electron chi connectivity index (χ1n) is 13.3. The Bertz CT molecular complexity index is 868. The first-order chi connectivity index (χ1) is 15.3. The molecule has 1 aliphatic heterocycles. The summed E-state index contributed by atoms with van der Waals surface area (Å²) in [6.07, 6.45) is 7.64. The third-order valence-corrected chi connectivity index (χ3v) is 11.6.